The average Bonchev–Trinajstić information content (AvgIpc) is 3.10. The van der Waals surface area contributed by atoms with Crippen LogP contribution >= 0.6 is 0 Å². The van der Waals surface area contributed by atoms with Crippen LogP contribution in [0.1, 0.15) is 36.2 Å². The largest absolute Gasteiger partial charge is 0.490 e. The van der Waals surface area contributed by atoms with E-state index in [9.17, 15) is 4.79 Å². The Hall–Kier alpha value is -2.30. The molecule has 0 amide bonds. The fourth-order valence-corrected chi connectivity index (χ4v) is 2.57. The Bertz CT molecular complexity index is 598. The summed E-state index contributed by atoms with van der Waals surface area (Å²) in [6.07, 6.45) is 6.41. The van der Waals surface area contributed by atoms with E-state index in [2.05, 4.69) is 9.97 Å². The van der Waals surface area contributed by atoms with Crippen molar-refractivity contribution >= 4 is 5.97 Å². The van der Waals surface area contributed by atoms with E-state index in [0.29, 0.717) is 11.8 Å². The molecule has 1 aliphatic rings. The molecule has 20 heavy (non-hydrogen) atoms. The second-order valence-electron chi connectivity index (χ2n) is 4.98. The van der Waals surface area contributed by atoms with Crippen LogP contribution in [-0.4, -0.2) is 27.1 Å². The predicted octanol–water partition coefficient (Wildman–Crippen LogP) is 3.10. The number of nitrogens with one attached hydrogen (secondary N) is 1. The van der Waals surface area contributed by atoms with Gasteiger partial charge in [0.25, 0.3) is 0 Å². The number of aromatic carboxylic acids is 1. The van der Waals surface area contributed by atoms with Gasteiger partial charge in [-0.2, -0.15) is 0 Å². The third-order valence-electron chi connectivity index (χ3n) is 3.59. The molecule has 1 aromatic heterocycles. The first-order chi connectivity index (χ1) is 9.74. The summed E-state index contributed by atoms with van der Waals surface area (Å²) in [4.78, 5) is 17.8. The summed E-state index contributed by atoms with van der Waals surface area (Å²) in [5.74, 6) is -0.183. The van der Waals surface area contributed by atoms with Gasteiger partial charge in [0.15, 0.2) is 5.69 Å². The number of carboxylic acid groups (broad SMARTS) is 1. The van der Waals surface area contributed by atoms with Crippen LogP contribution in [0.4, 0.5) is 0 Å². The lowest BCUT2D eigenvalue weighted by Gasteiger charge is -2.13. The summed E-state index contributed by atoms with van der Waals surface area (Å²) >= 11 is 0. The fraction of sp³-hybridized carbons (Fsp3) is 0.333. The summed E-state index contributed by atoms with van der Waals surface area (Å²) in [6, 6.07) is 7.42. The van der Waals surface area contributed by atoms with Crippen molar-refractivity contribution in [3.8, 4) is 17.0 Å². The summed E-state index contributed by atoms with van der Waals surface area (Å²) in [6.45, 7) is 0. The van der Waals surface area contributed by atoms with Crippen molar-refractivity contribution < 1.29 is 14.6 Å². The Morgan fingerprint density at radius 3 is 2.60 bits per heavy atom. The molecular weight excluding hydrogens is 256 g/mol. The number of hydrogen-bond acceptors (Lipinski definition) is 3. The van der Waals surface area contributed by atoms with Gasteiger partial charge in [-0.15, -0.1) is 0 Å². The molecule has 0 spiro atoms. The van der Waals surface area contributed by atoms with Gasteiger partial charge < -0.3 is 14.8 Å². The van der Waals surface area contributed by atoms with Gasteiger partial charge in [-0.05, 0) is 49.9 Å². The van der Waals surface area contributed by atoms with Gasteiger partial charge in [0, 0.05) is 5.56 Å². The molecule has 1 fully saturated rings. The first-order valence-corrected chi connectivity index (χ1v) is 6.78. The van der Waals surface area contributed by atoms with Crippen LogP contribution in [-0.2, 0) is 0 Å². The Balaban J connectivity index is 1.78. The maximum atomic E-state index is 11.1. The summed E-state index contributed by atoms with van der Waals surface area (Å²) in [7, 11) is 0. The van der Waals surface area contributed by atoms with Gasteiger partial charge in [-0.1, -0.05) is 0 Å². The molecule has 0 saturated heterocycles. The van der Waals surface area contributed by atoms with Crippen molar-refractivity contribution in [2.45, 2.75) is 31.8 Å². The molecule has 0 radical (unpaired) electrons. The first-order valence-electron chi connectivity index (χ1n) is 6.78. The lowest BCUT2D eigenvalue weighted by molar-refractivity contribution is 0.0692. The van der Waals surface area contributed by atoms with Crippen LogP contribution in [0, 0.1) is 0 Å². The third-order valence-corrected chi connectivity index (χ3v) is 3.59. The van der Waals surface area contributed by atoms with E-state index >= 15 is 0 Å². The van der Waals surface area contributed by atoms with Crippen LogP contribution in [0.5, 0.6) is 5.75 Å². The van der Waals surface area contributed by atoms with E-state index in [0.717, 1.165) is 24.2 Å². The number of aromatic amines is 1. The molecule has 3 rings (SSSR count). The highest BCUT2D eigenvalue weighted by Crippen LogP contribution is 2.27. The molecule has 0 atom stereocenters. The summed E-state index contributed by atoms with van der Waals surface area (Å²) < 4.78 is 5.88. The van der Waals surface area contributed by atoms with Crippen molar-refractivity contribution in [1.29, 1.82) is 0 Å². The molecular formula is C15H16N2O3. The van der Waals surface area contributed by atoms with E-state index in [1.807, 2.05) is 24.3 Å². The average molecular weight is 272 g/mol. The predicted molar refractivity (Wildman–Crippen MR) is 73.9 cm³/mol. The van der Waals surface area contributed by atoms with E-state index in [1.54, 1.807) is 0 Å². The summed E-state index contributed by atoms with van der Waals surface area (Å²) in [5, 5.41) is 9.06. The zero-order valence-corrected chi connectivity index (χ0v) is 11.0. The van der Waals surface area contributed by atoms with Crippen LogP contribution < -0.4 is 4.74 Å². The standard InChI is InChI=1S/C15H16N2O3/c18-15(19)14-13(16-9-17-14)10-5-7-12(8-6-10)20-11-3-1-2-4-11/h5-9,11H,1-4H2,(H,16,17)(H,18,19). The van der Waals surface area contributed by atoms with Gasteiger partial charge in [0.05, 0.1) is 12.4 Å². The van der Waals surface area contributed by atoms with Crippen molar-refractivity contribution in [3.05, 3.63) is 36.3 Å². The van der Waals surface area contributed by atoms with Gasteiger partial charge in [0.2, 0.25) is 0 Å². The van der Waals surface area contributed by atoms with Gasteiger partial charge in [-0.3, -0.25) is 0 Å². The highest BCUT2D eigenvalue weighted by molar-refractivity contribution is 5.92. The maximum Gasteiger partial charge on any atom is 0.354 e. The fourth-order valence-electron chi connectivity index (χ4n) is 2.57. The van der Waals surface area contributed by atoms with Crippen LogP contribution in [0.2, 0.25) is 0 Å². The van der Waals surface area contributed by atoms with Crippen LogP contribution in [0.25, 0.3) is 11.3 Å². The number of imidazole rings is 1. The SMILES string of the molecule is O=C(O)c1[nH]cnc1-c1ccc(OC2CCCC2)cc1. The monoisotopic (exact) mass is 272 g/mol. The molecule has 1 aromatic carbocycles. The lowest BCUT2D eigenvalue weighted by Crippen LogP contribution is -2.10. The molecule has 5 nitrogen and oxygen atoms in total. The molecule has 1 heterocycles. The minimum absolute atomic E-state index is 0.106. The van der Waals surface area contributed by atoms with Crippen LogP contribution in [0.15, 0.2) is 30.6 Å². The van der Waals surface area contributed by atoms with Crippen molar-refractivity contribution in [1.82, 2.24) is 9.97 Å². The maximum absolute atomic E-state index is 11.1. The number of rotatable bonds is 4. The molecule has 0 aliphatic heterocycles. The first kappa shape index (κ1) is 12.7. The highest BCUT2D eigenvalue weighted by Gasteiger charge is 2.17. The molecule has 0 unspecified atom stereocenters. The minimum atomic E-state index is -1.01. The Morgan fingerprint density at radius 1 is 1.25 bits per heavy atom. The zero-order chi connectivity index (χ0) is 13.9. The summed E-state index contributed by atoms with van der Waals surface area (Å²) in [5.41, 5.74) is 1.32. The molecule has 104 valence electrons. The second kappa shape index (κ2) is 5.36. The molecule has 2 N–H and O–H groups in total. The van der Waals surface area contributed by atoms with Crippen LogP contribution in [0.3, 0.4) is 0 Å². The number of benzene rings is 1. The Morgan fingerprint density at radius 2 is 1.95 bits per heavy atom. The number of nitrogens with zero attached hydrogens (tertiary/aromatic N) is 1. The number of H-pyrrole nitrogens is 1. The number of carbonyl (C=O) groups is 1. The molecule has 1 aliphatic carbocycles. The molecule has 1 saturated carbocycles. The van der Waals surface area contributed by atoms with Crippen molar-refractivity contribution in [2.75, 3.05) is 0 Å². The van der Waals surface area contributed by atoms with Gasteiger partial charge in [-0.25, -0.2) is 9.78 Å². The molecule has 2 aromatic rings. The Labute approximate surface area is 116 Å². The smallest absolute Gasteiger partial charge is 0.354 e. The lowest BCUT2D eigenvalue weighted by atomic mass is 10.1. The number of carboxylic acids is 1. The molecule has 0 bridgehead atoms. The quantitative estimate of drug-likeness (QED) is 0.896. The van der Waals surface area contributed by atoms with E-state index in [1.165, 1.54) is 19.2 Å². The minimum Gasteiger partial charge on any atom is -0.490 e. The van der Waals surface area contributed by atoms with E-state index in [-0.39, 0.29) is 5.69 Å². The third kappa shape index (κ3) is 2.52. The highest BCUT2D eigenvalue weighted by atomic mass is 16.5. The topological polar surface area (TPSA) is 75.2 Å². The number of ether oxygens (including phenoxy) is 1. The number of hydrogen-bond donors (Lipinski definition) is 2. The van der Waals surface area contributed by atoms with Gasteiger partial charge >= 0.3 is 5.97 Å². The normalized spacial score (nSPS) is 15.4. The zero-order valence-electron chi connectivity index (χ0n) is 11.0. The van der Waals surface area contributed by atoms with E-state index in [4.69, 9.17) is 9.84 Å². The Kier molecular flexibility index (Phi) is 3.41. The molecule has 5 heteroatoms. The van der Waals surface area contributed by atoms with Crippen molar-refractivity contribution in [3.63, 3.8) is 0 Å². The van der Waals surface area contributed by atoms with E-state index < -0.39 is 5.97 Å². The van der Waals surface area contributed by atoms with Gasteiger partial charge in [0.1, 0.15) is 11.4 Å². The number of aromatic nitrogens is 2. The second-order valence-corrected chi connectivity index (χ2v) is 4.98. The van der Waals surface area contributed by atoms with Crippen molar-refractivity contribution in [2.24, 2.45) is 0 Å².